The number of nitriles is 1. The van der Waals surface area contributed by atoms with Gasteiger partial charge in [0.2, 0.25) is 0 Å². The molecule has 7 heteroatoms. The molecule has 0 fully saturated rings. The molecule has 0 aromatic heterocycles. The van der Waals surface area contributed by atoms with Crippen molar-refractivity contribution in [1.29, 1.82) is 5.26 Å². The molecule has 3 aromatic carbocycles. The van der Waals surface area contributed by atoms with E-state index in [0.29, 0.717) is 38.9 Å². The topological polar surface area (TPSA) is 71.3 Å². The number of rotatable bonds is 7. The van der Waals surface area contributed by atoms with Crippen molar-refractivity contribution in [2.75, 3.05) is 12.4 Å². The van der Waals surface area contributed by atoms with Crippen LogP contribution in [0.4, 0.5) is 5.69 Å². The molecule has 0 atom stereocenters. The van der Waals surface area contributed by atoms with E-state index >= 15 is 0 Å². The number of ether oxygens (including phenoxy) is 2. The molecule has 0 saturated heterocycles. The fourth-order valence-electron chi connectivity index (χ4n) is 2.85. The Balaban J connectivity index is 1.81. The maximum Gasteiger partial charge on any atom is 0.266 e. The van der Waals surface area contributed by atoms with Gasteiger partial charge in [-0.15, -0.1) is 0 Å². The molecular weight excluding hydrogens is 492 g/mol. The van der Waals surface area contributed by atoms with Gasteiger partial charge in [0.05, 0.1) is 7.11 Å². The summed E-state index contributed by atoms with van der Waals surface area (Å²) in [7, 11) is 1.53. The second-order valence-electron chi connectivity index (χ2n) is 6.93. The molecule has 0 aliphatic carbocycles. The number of benzene rings is 3. The summed E-state index contributed by atoms with van der Waals surface area (Å²) in [5.41, 5.74) is 3.24. The lowest BCUT2D eigenvalue weighted by Crippen LogP contribution is -2.13. The highest BCUT2D eigenvalue weighted by Gasteiger charge is 2.14. The van der Waals surface area contributed by atoms with Crippen molar-refractivity contribution in [3.05, 3.63) is 92.4 Å². The van der Waals surface area contributed by atoms with Gasteiger partial charge in [-0.1, -0.05) is 63.4 Å². The molecule has 0 saturated carbocycles. The quantitative estimate of drug-likeness (QED) is 0.289. The van der Waals surface area contributed by atoms with Crippen LogP contribution in [0.1, 0.15) is 16.7 Å². The Morgan fingerprint density at radius 1 is 1.16 bits per heavy atom. The van der Waals surface area contributed by atoms with Crippen molar-refractivity contribution in [1.82, 2.24) is 0 Å². The van der Waals surface area contributed by atoms with E-state index < -0.39 is 5.91 Å². The van der Waals surface area contributed by atoms with Crippen molar-refractivity contribution in [3.63, 3.8) is 0 Å². The van der Waals surface area contributed by atoms with E-state index in [4.69, 9.17) is 21.1 Å². The zero-order valence-electron chi connectivity index (χ0n) is 17.5. The van der Waals surface area contributed by atoms with Crippen LogP contribution in [0.5, 0.6) is 11.5 Å². The molecule has 1 amide bonds. The van der Waals surface area contributed by atoms with Gasteiger partial charge < -0.3 is 14.8 Å². The minimum absolute atomic E-state index is 0.0685. The van der Waals surface area contributed by atoms with Gasteiger partial charge in [0.1, 0.15) is 18.2 Å². The third-order valence-electron chi connectivity index (χ3n) is 4.55. The van der Waals surface area contributed by atoms with Crippen LogP contribution in [0, 0.1) is 18.3 Å². The van der Waals surface area contributed by atoms with Crippen LogP contribution >= 0.6 is 27.5 Å². The van der Waals surface area contributed by atoms with Crippen molar-refractivity contribution in [2.24, 2.45) is 0 Å². The lowest BCUT2D eigenvalue weighted by molar-refractivity contribution is -0.112. The van der Waals surface area contributed by atoms with Crippen LogP contribution < -0.4 is 14.8 Å². The Bertz CT molecular complexity index is 1200. The summed E-state index contributed by atoms with van der Waals surface area (Å²) in [6.07, 6.45) is 1.48. The first-order valence-corrected chi connectivity index (χ1v) is 10.8. The first-order chi connectivity index (χ1) is 15.4. The Kier molecular flexibility index (Phi) is 7.93. The molecule has 0 aliphatic heterocycles. The monoisotopic (exact) mass is 510 g/mol. The Labute approximate surface area is 200 Å². The second kappa shape index (κ2) is 10.9. The summed E-state index contributed by atoms with van der Waals surface area (Å²) in [5.74, 6) is 0.485. The second-order valence-corrected chi connectivity index (χ2v) is 8.22. The number of nitrogens with one attached hydrogen (secondary N) is 1. The van der Waals surface area contributed by atoms with Crippen molar-refractivity contribution in [3.8, 4) is 17.6 Å². The molecule has 32 heavy (non-hydrogen) atoms. The van der Waals surface area contributed by atoms with E-state index in [1.807, 2.05) is 37.3 Å². The van der Waals surface area contributed by atoms with E-state index in [9.17, 15) is 10.1 Å². The minimum atomic E-state index is -0.541. The molecular formula is C25H20BrClN2O3. The van der Waals surface area contributed by atoms with Gasteiger partial charge in [-0.3, -0.25) is 4.79 Å². The number of carbonyl (C=O) groups excluding carboxylic acids is 1. The highest BCUT2D eigenvalue weighted by Crippen LogP contribution is 2.35. The fraction of sp³-hybridized carbons (Fsp3) is 0.120. The minimum Gasteiger partial charge on any atom is -0.493 e. The molecule has 3 aromatic rings. The summed E-state index contributed by atoms with van der Waals surface area (Å²) in [6, 6.07) is 20.2. The number of methoxy groups -OCH3 is 1. The molecule has 0 spiro atoms. The molecule has 0 unspecified atom stereocenters. The van der Waals surface area contributed by atoms with Crippen LogP contribution in [0.25, 0.3) is 6.08 Å². The number of amides is 1. The average Bonchev–Trinajstić information content (AvgIpc) is 2.78. The number of aryl methyl sites for hydroxylation is 1. The summed E-state index contributed by atoms with van der Waals surface area (Å²) >= 11 is 9.44. The van der Waals surface area contributed by atoms with Crippen molar-refractivity contribution < 1.29 is 14.3 Å². The molecule has 1 N–H and O–H groups in total. The van der Waals surface area contributed by atoms with E-state index in [1.165, 1.54) is 18.7 Å². The Hall–Kier alpha value is -3.27. The maximum atomic E-state index is 12.6. The highest BCUT2D eigenvalue weighted by atomic mass is 79.9. The smallest absolute Gasteiger partial charge is 0.266 e. The van der Waals surface area contributed by atoms with E-state index in [1.54, 1.807) is 36.4 Å². The third-order valence-corrected chi connectivity index (χ3v) is 5.47. The predicted molar refractivity (Wildman–Crippen MR) is 130 cm³/mol. The van der Waals surface area contributed by atoms with Gasteiger partial charge in [-0.25, -0.2) is 0 Å². The Morgan fingerprint density at radius 2 is 1.91 bits per heavy atom. The van der Waals surface area contributed by atoms with E-state index in [0.717, 1.165) is 5.56 Å². The largest absolute Gasteiger partial charge is 0.493 e. The van der Waals surface area contributed by atoms with Crippen LogP contribution in [-0.4, -0.2) is 13.0 Å². The third kappa shape index (κ3) is 6.13. The standard InChI is InChI=1S/C25H20BrClN2O3/c1-16-6-8-17(9-7-16)15-32-24-13-22(26)18(11-23(24)31-2)10-19(14-28)25(30)29-21-5-3-4-20(27)12-21/h3-13H,15H2,1-2H3,(H,29,30)/b19-10+. The number of anilines is 1. The lowest BCUT2D eigenvalue weighted by atomic mass is 10.1. The van der Waals surface area contributed by atoms with Gasteiger partial charge in [0.25, 0.3) is 5.91 Å². The molecule has 162 valence electrons. The summed E-state index contributed by atoms with van der Waals surface area (Å²) < 4.78 is 12.0. The fourth-order valence-corrected chi connectivity index (χ4v) is 3.48. The Morgan fingerprint density at radius 3 is 2.56 bits per heavy atom. The summed E-state index contributed by atoms with van der Waals surface area (Å²) in [6.45, 7) is 2.41. The van der Waals surface area contributed by atoms with E-state index in [-0.39, 0.29) is 5.57 Å². The number of halogens is 2. The van der Waals surface area contributed by atoms with Gasteiger partial charge >= 0.3 is 0 Å². The summed E-state index contributed by atoms with van der Waals surface area (Å²) in [4.78, 5) is 12.6. The maximum absolute atomic E-state index is 12.6. The zero-order chi connectivity index (χ0) is 23.1. The van der Waals surface area contributed by atoms with Crippen LogP contribution in [0.15, 0.2) is 70.7 Å². The lowest BCUT2D eigenvalue weighted by Gasteiger charge is -2.13. The van der Waals surface area contributed by atoms with Crippen molar-refractivity contribution >= 4 is 45.2 Å². The number of hydrogen-bond acceptors (Lipinski definition) is 4. The highest BCUT2D eigenvalue weighted by molar-refractivity contribution is 9.10. The van der Waals surface area contributed by atoms with Gasteiger partial charge in [0, 0.05) is 15.2 Å². The molecule has 0 aliphatic rings. The van der Waals surface area contributed by atoms with Crippen LogP contribution in [0.3, 0.4) is 0 Å². The first kappa shape index (κ1) is 23.4. The van der Waals surface area contributed by atoms with Gasteiger partial charge in [0.15, 0.2) is 11.5 Å². The first-order valence-electron chi connectivity index (χ1n) is 9.64. The SMILES string of the molecule is COc1cc(/C=C(\C#N)C(=O)Nc2cccc(Cl)c2)c(Br)cc1OCc1ccc(C)cc1. The molecule has 0 heterocycles. The number of hydrogen-bond donors (Lipinski definition) is 1. The average molecular weight is 512 g/mol. The molecule has 0 radical (unpaired) electrons. The van der Waals surface area contributed by atoms with Gasteiger partial charge in [-0.2, -0.15) is 5.26 Å². The van der Waals surface area contributed by atoms with Crippen molar-refractivity contribution in [2.45, 2.75) is 13.5 Å². The molecule has 3 rings (SSSR count). The molecule has 5 nitrogen and oxygen atoms in total. The zero-order valence-corrected chi connectivity index (χ0v) is 19.8. The normalized spacial score (nSPS) is 10.9. The van der Waals surface area contributed by atoms with Crippen LogP contribution in [-0.2, 0) is 11.4 Å². The number of nitrogens with zero attached hydrogens (tertiary/aromatic N) is 1. The molecule has 0 bridgehead atoms. The number of carbonyl (C=O) groups is 1. The van der Waals surface area contributed by atoms with E-state index in [2.05, 4.69) is 21.2 Å². The van der Waals surface area contributed by atoms with Crippen LogP contribution in [0.2, 0.25) is 5.02 Å². The van der Waals surface area contributed by atoms with Gasteiger partial charge in [-0.05, 0) is 54.5 Å². The summed E-state index contributed by atoms with van der Waals surface area (Å²) in [5, 5.41) is 12.7. The predicted octanol–water partition coefficient (Wildman–Crippen LogP) is 6.54.